The van der Waals surface area contributed by atoms with Crippen molar-refractivity contribution in [3.8, 4) is 0 Å². The number of rotatable bonds is 37. The number of carbonyl (C=O) groups excluding carboxylic acids is 6. The predicted molar refractivity (Wildman–Crippen MR) is 210 cm³/mol. The molecule has 10 N–H and O–H groups in total. The molecular formula is C35H64IN7O14-2. The number of carboxylic acid groups (broad SMARTS) is 2. The smallest absolute Gasteiger partial charge is 0.220 e. The molecule has 0 aromatic rings. The van der Waals surface area contributed by atoms with E-state index in [0.717, 1.165) is 0 Å². The van der Waals surface area contributed by atoms with Crippen LogP contribution in [0.1, 0.15) is 64.7 Å². The van der Waals surface area contributed by atoms with Crippen molar-refractivity contribution >= 4 is 58.8 Å². The number of amides is 3. The standard InChI is InChI=1S/C35H66IN7O14/c1-2-41(29(34(54)55)7-4-10-32(52)38-19-27(49)23-46)14-15-42(25(21-44)6-3-9-31(51)37-18-26(48)22-45)16-17-43(13-12-40-36)30(35(56)57)8-5-11-33(53)39-20-28(50)24-47/h21,25-30,40,45-50H,2-20,22-24H2,1H3,(H,37,51)(H,38,52)(H,39,53)(H,54,55)(H,56,57)/p-2. The summed E-state index contributed by atoms with van der Waals surface area (Å²) in [4.78, 5) is 79.0. The first-order valence-corrected chi connectivity index (χ1v) is 20.3. The fourth-order valence-electron chi connectivity index (χ4n) is 5.87. The molecule has 0 spiro atoms. The van der Waals surface area contributed by atoms with Gasteiger partial charge in [0.05, 0.1) is 56.1 Å². The van der Waals surface area contributed by atoms with E-state index in [4.69, 9.17) is 15.3 Å². The van der Waals surface area contributed by atoms with Crippen LogP contribution in [0, 0.1) is 0 Å². The summed E-state index contributed by atoms with van der Waals surface area (Å²) in [6.07, 6.45) is -1.89. The van der Waals surface area contributed by atoms with Crippen LogP contribution in [0.3, 0.4) is 0 Å². The van der Waals surface area contributed by atoms with Gasteiger partial charge < -0.3 is 71.2 Å². The molecule has 332 valence electrons. The number of halogens is 1. The highest BCUT2D eigenvalue weighted by Gasteiger charge is 2.26. The van der Waals surface area contributed by atoms with Crippen LogP contribution in [0.4, 0.5) is 0 Å². The number of carbonyl (C=O) groups is 6. The number of carboxylic acids is 2. The van der Waals surface area contributed by atoms with Gasteiger partial charge in [-0.05, 0) is 45.1 Å². The third kappa shape index (κ3) is 25.4. The molecule has 0 saturated carbocycles. The van der Waals surface area contributed by atoms with Gasteiger partial charge in [0, 0.05) is 113 Å². The molecular weight excluding hydrogens is 869 g/mol. The summed E-state index contributed by atoms with van der Waals surface area (Å²) in [5.74, 6) is -4.01. The molecule has 0 rings (SSSR count). The monoisotopic (exact) mass is 933 g/mol. The lowest BCUT2D eigenvalue weighted by Crippen LogP contribution is -2.54. The van der Waals surface area contributed by atoms with Gasteiger partial charge >= 0.3 is 0 Å². The Morgan fingerprint density at radius 2 is 0.982 bits per heavy atom. The van der Waals surface area contributed by atoms with Crippen molar-refractivity contribution in [3.05, 3.63) is 0 Å². The highest BCUT2D eigenvalue weighted by atomic mass is 127. The van der Waals surface area contributed by atoms with E-state index in [1.165, 1.54) is 0 Å². The molecule has 3 amide bonds. The molecule has 21 nitrogen and oxygen atoms in total. The minimum Gasteiger partial charge on any atom is -0.548 e. The van der Waals surface area contributed by atoms with Crippen molar-refractivity contribution in [2.75, 3.05) is 85.3 Å². The number of nitrogens with zero attached hydrogens (tertiary/aromatic N) is 3. The molecule has 0 saturated heterocycles. The average molecular weight is 934 g/mol. The normalized spacial score (nSPS) is 14.8. The second-order valence-corrected chi connectivity index (χ2v) is 14.3. The first-order chi connectivity index (χ1) is 27.2. The van der Waals surface area contributed by atoms with Crippen LogP contribution in [0.15, 0.2) is 0 Å². The Hall–Kier alpha value is -2.65. The Bertz CT molecular complexity index is 1160. The number of hydrogen-bond acceptors (Lipinski definition) is 18. The van der Waals surface area contributed by atoms with E-state index in [1.807, 2.05) is 22.9 Å². The maximum Gasteiger partial charge on any atom is 0.220 e. The van der Waals surface area contributed by atoms with Gasteiger partial charge in [0.25, 0.3) is 0 Å². The first-order valence-electron chi connectivity index (χ1n) is 19.3. The summed E-state index contributed by atoms with van der Waals surface area (Å²) < 4.78 is 2.94. The second-order valence-electron chi connectivity index (χ2n) is 13.6. The van der Waals surface area contributed by atoms with Crippen molar-refractivity contribution in [1.82, 2.24) is 34.2 Å². The van der Waals surface area contributed by atoms with E-state index < -0.39 is 85.9 Å². The molecule has 0 aliphatic rings. The van der Waals surface area contributed by atoms with Crippen LogP contribution in [0.25, 0.3) is 0 Å². The van der Waals surface area contributed by atoms with Crippen LogP contribution < -0.4 is 29.7 Å². The van der Waals surface area contributed by atoms with Crippen LogP contribution in [0.2, 0.25) is 0 Å². The Balaban J connectivity index is 6.02. The average Bonchev–Trinajstić information content (AvgIpc) is 3.19. The van der Waals surface area contributed by atoms with Gasteiger partial charge in [-0.3, -0.25) is 32.6 Å². The van der Waals surface area contributed by atoms with Crippen molar-refractivity contribution in [2.24, 2.45) is 0 Å². The largest absolute Gasteiger partial charge is 0.548 e. The van der Waals surface area contributed by atoms with E-state index in [2.05, 4.69) is 19.5 Å². The highest BCUT2D eigenvalue weighted by Crippen LogP contribution is 2.14. The highest BCUT2D eigenvalue weighted by molar-refractivity contribution is 14.1. The minimum absolute atomic E-state index is 0.00343. The van der Waals surface area contributed by atoms with E-state index in [0.29, 0.717) is 12.8 Å². The van der Waals surface area contributed by atoms with Gasteiger partial charge in [0.15, 0.2) is 0 Å². The molecule has 0 bridgehead atoms. The number of aliphatic carboxylic acids is 2. The van der Waals surface area contributed by atoms with Crippen LogP contribution in [-0.4, -0.2) is 203 Å². The molecule has 0 radical (unpaired) electrons. The lowest BCUT2D eigenvalue weighted by atomic mass is 10.1. The molecule has 57 heavy (non-hydrogen) atoms. The second kappa shape index (κ2) is 33.2. The topological polar surface area (TPSA) is 328 Å². The number of aldehydes is 1. The first kappa shape index (κ1) is 54.3. The van der Waals surface area contributed by atoms with E-state index in [1.54, 1.807) is 21.6 Å². The zero-order valence-corrected chi connectivity index (χ0v) is 34.9. The van der Waals surface area contributed by atoms with Gasteiger partial charge in [-0.1, -0.05) is 6.92 Å². The van der Waals surface area contributed by atoms with Gasteiger partial charge in [0.2, 0.25) is 17.7 Å². The molecule has 0 aromatic carbocycles. The molecule has 0 aliphatic carbocycles. The summed E-state index contributed by atoms with van der Waals surface area (Å²) in [5.41, 5.74) is 0. The van der Waals surface area contributed by atoms with Gasteiger partial charge in [-0.25, -0.2) is 0 Å². The summed E-state index contributed by atoms with van der Waals surface area (Å²) >= 11 is 1.92. The van der Waals surface area contributed by atoms with Crippen LogP contribution in [-0.2, 0) is 28.8 Å². The zero-order valence-electron chi connectivity index (χ0n) is 32.8. The molecule has 6 atom stereocenters. The van der Waals surface area contributed by atoms with Crippen molar-refractivity contribution in [2.45, 2.75) is 101 Å². The van der Waals surface area contributed by atoms with E-state index in [9.17, 15) is 54.3 Å². The van der Waals surface area contributed by atoms with Crippen molar-refractivity contribution in [1.29, 1.82) is 0 Å². The maximum atomic E-state index is 12.5. The van der Waals surface area contributed by atoms with E-state index in [-0.39, 0.29) is 117 Å². The molecule has 0 fully saturated rings. The van der Waals surface area contributed by atoms with Crippen LogP contribution in [0.5, 0.6) is 0 Å². The van der Waals surface area contributed by atoms with Gasteiger partial charge in [-0.2, -0.15) is 0 Å². The Kier molecular flexibility index (Phi) is 31.7. The fraction of sp³-hybridized carbons (Fsp3) is 0.829. The Labute approximate surface area is 348 Å². The Morgan fingerprint density at radius 3 is 1.33 bits per heavy atom. The molecule has 22 heteroatoms. The third-order valence-corrected chi connectivity index (χ3v) is 9.74. The lowest BCUT2D eigenvalue weighted by Gasteiger charge is -2.37. The number of likely N-dealkylation sites (N-methyl/N-ethyl adjacent to an activating group) is 1. The van der Waals surface area contributed by atoms with Gasteiger partial charge in [-0.15, -0.1) is 0 Å². The molecule has 0 heterocycles. The SMILES string of the molecule is CCN(CCN(CCN(CCNI)C(CCCC(=O)NCC(O)CO)C(=O)[O-])C(C=O)CCCC(=O)NCC(O)CO)C(CCCC(=O)NCC(O)CO)C(=O)[O-]. The third-order valence-electron chi connectivity index (χ3n) is 9.20. The maximum absolute atomic E-state index is 12.5. The predicted octanol–water partition coefficient (Wildman–Crippen LogP) is -6.42. The van der Waals surface area contributed by atoms with E-state index >= 15 is 0 Å². The Morgan fingerprint density at radius 1 is 0.614 bits per heavy atom. The van der Waals surface area contributed by atoms with Gasteiger partial charge in [0.1, 0.15) is 6.29 Å². The number of aliphatic hydroxyl groups excluding tert-OH is 6. The summed E-state index contributed by atoms with van der Waals surface area (Å²) in [6.45, 7) is 1.09. The lowest BCUT2D eigenvalue weighted by molar-refractivity contribution is -0.313. The number of aliphatic hydroxyl groups is 6. The summed E-state index contributed by atoms with van der Waals surface area (Å²) in [5, 5.41) is 87.4. The number of nitrogens with one attached hydrogen (secondary N) is 4. The number of hydrogen-bond donors (Lipinski definition) is 10. The van der Waals surface area contributed by atoms with Crippen molar-refractivity contribution < 1.29 is 69.6 Å². The fourth-order valence-corrected chi connectivity index (χ4v) is 6.12. The zero-order chi connectivity index (χ0) is 43.2. The molecule has 0 aliphatic heterocycles. The molecule has 6 unspecified atom stereocenters. The summed E-state index contributed by atoms with van der Waals surface area (Å²) in [7, 11) is 0. The summed E-state index contributed by atoms with van der Waals surface area (Å²) in [6, 6.07) is -3.00. The molecule has 0 aromatic heterocycles. The quantitative estimate of drug-likeness (QED) is 0.0157. The van der Waals surface area contributed by atoms with Crippen LogP contribution >= 0.6 is 22.9 Å². The van der Waals surface area contributed by atoms with Crippen molar-refractivity contribution in [3.63, 3.8) is 0 Å². The minimum atomic E-state index is -1.37.